The summed E-state index contributed by atoms with van der Waals surface area (Å²) < 4.78 is 16.3. The van der Waals surface area contributed by atoms with E-state index in [9.17, 15) is 4.79 Å². The van der Waals surface area contributed by atoms with Crippen molar-refractivity contribution in [1.29, 1.82) is 0 Å². The van der Waals surface area contributed by atoms with Gasteiger partial charge in [0, 0.05) is 0 Å². The van der Waals surface area contributed by atoms with Crippen molar-refractivity contribution < 1.29 is 19.0 Å². The molecule has 5 heteroatoms. The fraction of sp³-hybridized carbons (Fsp3) is 0.278. The van der Waals surface area contributed by atoms with Gasteiger partial charge in [-0.05, 0) is 36.8 Å². The van der Waals surface area contributed by atoms with Crippen LogP contribution in [0.1, 0.15) is 23.7 Å². The molecule has 0 amide bonds. The molecule has 0 fully saturated rings. The summed E-state index contributed by atoms with van der Waals surface area (Å²) in [6, 6.07) is 12.2. The van der Waals surface area contributed by atoms with Crippen LogP contribution < -0.4 is 19.9 Å². The van der Waals surface area contributed by atoms with Gasteiger partial charge in [-0.3, -0.25) is 4.79 Å². The molecule has 0 bridgehead atoms. The van der Waals surface area contributed by atoms with E-state index in [-0.39, 0.29) is 5.78 Å². The van der Waals surface area contributed by atoms with Gasteiger partial charge in [0.1, 0.15) is 17.2 Å². The quantitative estimate of drug-likeness (QED) is 0.627. The van der Waals surface area contributed by atoms with Crippen LogP contribution in [-0.2, 0) is 0 Å². The van der Waals surface area contributed by atoms with Crippen molar-refractivity contribution in [2.45, 2.75) is 19.4 Å². The van der Waals surface area contributed by atoms with Crippen molar-refractivity contribution in [3.8, 4) is 17.2 Å². The van der Waals surface area contributed by atoms with E-state index < -0.39 is 6.10 Å². The van der Waals surface area contributed by atoms with Gasteiger partial charge in [-0.25, -0.2) is 0 Å². The summed E-state index contributed by atoms with van der Waals surface area (Å²) in [5.41, 5.74) is 6.80. The van der Waals surface area contributed by atoms with Crippen molar-refractivity contribution in [2.24, 2.45) is 0 Å². The van der Waals surface area contributed by atoms with Gasteiger partial charge in [0.2, 0.25) is 5.78 Å². The summed E-state index contributed by atoms with van der Waals surface area (Å²) in [5, 5.41) is 0. The van der Waals surface area contributed by atoms with E-state index >= 15 is 0 Å². The number of benzene rings is 2. The van der Waals surface area contributed by atoms with Crippen molar-refractivity contribution in [1.82, 2.24) is 0 Å². The van der Waals surface area contributed by atoms with E-state index in [1.807, 2.05) is 19.1 Å². The molecule has 2 aromatic rings. The van der Waals surface area contributed by atoms with Gasteiger partial charge in [-0.15, -0.1) is 0 Å². The Balaban J connectivity index is 2.31. The average molecular weight is 315 g/mol. The number of anilines is 1. The van der Waals surface area contributed by atoms with Gasteiger partial charge in [-0.2, -0.15) is 0 Å². The molecular weight excluding hydrogens is 294 g/mol. The number of nitrogen functional groups attached to an aromatic ring is 1. The van der Waals surface area contributed by atoms with Gasteiger partial charge >= 0.3 is 0 Å². The molecule has 0 spiro atoms. The van der Waals surface area contributed by atoms with E-state index in [1.165, 1.54) is 7.11 Å². The van der Waals surface area contributed by atoms with Crippen molar-refractivity contribution in [3.63, 3.8) is 0 Å². The third-order valence-corrected chi connectivity index (χ3v) is 3.52. The van der Waals surface area contributed by atoms with Crippen LogP contribution in [0.4, 0.5) is 5.69 Å². The van der Waals surface area contributed by atoms with Gasteiger partial charge in [0.05, 0.1) is 25.5 Å². The van der Waals surface area contributed by atoms with Crippen LogP contribution in [0.3, 0.4) is 0 Å². The molecule has 0 aliphatic carbocycles. The van der Waals surface area contributed by atoms with Crippen LogP contribution in [0.15, 0.2) is 42.5 Å². The van der Waals surface area contributed by atoms with Gasteiger partial charge < -0.3 is 19.9 Å². The molecule has 0 aliphatic heterocycles. The fourth-order valence-corrected chi connectivity index (χ4v) is 2.24. The third kappa shape index (κ3) is 3.74. The van der Waals surface area contributed by atoms with E-state index in [2.05, 4.69) is 0 Å². The third-order valence-electron chi connectivity index (χ3n) is 3.52. The lowest BCUT2D eigenvalue weighted by atomic mass is 10.0. The van der Waals surface area contributed by atoms with Crippen molar-refractivity contribution in [3.05, 3.63) is 48.0 Å². The summed E-state index contributed by atoms with van der Waals surface area (Å²) in [6.45, 7) is 1.88. The summed E-state index contributed by atoms with van der Waals surface area (Å²) in [5.74, 6) is 1.39. The van der Waals surface area contributed by atoms with Gasteiger partial charge in [0.15, 0.2) is 6.10 Å². The van der Waals surface area contributed by atoms with Crippen LogP contribution in [0.2, 0.25) is 0 Å². The lowest BCUT2D eigenvalue weighted by molar-refractivity contribution is 0.0784. The smallest absolute Gasteiger partial charge is 0.207 e. The van der Waals surface area contributed by atoms with E-state index in [0.29, 0.717) is 34.9 Å². The van der Waals surface area contributed by atoms with Crippen molar-refractivity contribution >= 4 is 11.5 Å². The largest absolute Gasteiger partial charge is 0.497 e. The Morgan fingerprint density at radius 1 is 1.09 bits per heavy atom. The SMILES string of the molecule is CCC(Oc1ccccc1N)C(=O)c1cc(OC)ccc1OC. The second-order valence-electron chi connectivity index (χ2n) is 4.98. The van der Waals surface area contributed by atoms with Crippen molar-refractivity contribution in [2.75, 3.05) is 20.0 Å². The number of methoxy groups -OCH3 is 2. The molecular formula is C18H21NO4. The highest BCUT2D eigenvalue weighted by Crippen LogP contribution is 2.28. The van der Waals surface area contributed by atoms with Gasteiger partial charge in [-0.1, -0.05) is 19.1 Å². The zero-order chi connectivity index (χ0) is 16.8. The Hall–Kier alpha value is -2.69. The molecule has 2 aromatic carbocycles. The minimum atomic E-state index is -0.652. The molecule has 0 aromatic heterocycles. The Morgan fingerprint density at radius 2 is 1.83 bits per heavy atom. The number of ether oxygens (including phenoxy) is 3. The number of carbonyl (C=O) groups is 1. The Kier molecular flexibility index (Phi) is 5.46. The van der Waals surface area contributed by atoms with E-state index in [0.717, 1.165) is 0 Å². The molecule has 1 atom stereocenters. The van der Waals surface area contributed by atoms with Crippen LogP contribution in [0, 0.1) is 0 Å². The second-order valence-corrected chi connectivity index (χ2v) is 4.98. The molecule has 122 valence electrons. The topological polar surface area (TPSA) is 70.8 Å². The number of ketones is 1. The number of rotatable bonds is 7. The van der Waals surface area contributed by atoms with Crippen LogP contribution in [0.25, 0.3) is 0 Å². The Labute approximate surface area is 136 Å². The standard InChI is InChI=1S/C18H21NO4/c1-4-15(23-17-8-6-5-7-14(17)19)18(20)13-11-12(21-2)9-10-16(13)22-3/h5-11,15H,4,19H2,1-3H3. The first-order valence-corrected chi connectivity index (χ1v) is 7.38. The molecule has 2 N–H and O–H groups in total. The average Bonchev–Trinajstić information content (AvgIpc) is 2.59. The molecule has 0 saturated carbocycles. The maximum absolute atomic E-state index is 12.8. The normalized spacial score (nSPS) is 11.6. The minimum Gasteiger partial charge on any atom is -0.497 e. The first-order chi connectivity index (χ1) is 11.1. The lowest BCUT2D eigenvalue weighted by Crippen LogP contribution is -2.27. The predicted octanol–water partition coefficient (Wildman–Crippen LogP) is 3.33. The summed E-state index contributed by atoms with van der Waals surface area (Å²) in [7, 11) is 3.07. The first-order valence-electron chi connectivity index (χ1n) is 7.38. The predicted molar refractivity (Wildman–Crippen MR) is 89.4 cm³/mol. The zero-order valence-corrected chi connectivity index (χ0v) is 13.5. The van der Waals surface area contributed by atoms with Crippen LogP contribution in [-0.4, -0.2) is 26.1 Å². The Bertz CT molecular complexity index is 684. The fourth-order valence-electron chi connectivity index (χ4n) is 2.24. The lowest BCUT2D eigenvalue weighted by Gasteiger charge is -2.19. The molecule has 0 radical (unpaired) electrons. The van der Waals surface area contributed by atoms with E-state index in [4.69, 9.17) is 19.9 Å². The molecule has 0 heterocycles. The maximum atomic E-state index is 12.8. The van der Waals surface area contributed by atoms with E-state index in [1.54, 1.807) is 37.4 Å². The number of carbonyl (C=O) groups excluding carboxylic acids is 1. The zero-order valence-electron chi connectivity index (χ0n) is 13.5. The highest BCUT2D eigenvalue weighted by atomic mass is 16.5. The molecule has 1 unspecified atom stereocenters. The number of hydrogen-bond donors (Lipinski definition) is 1. The monoisotopic (exact) mass is 315 g/mol. The number of para-hydroxylation sites is 2. The second kappa shape index (κ2) is 7.54. The summed E-state index contributed by atoms with van der Waals surface area (Å²) in [4.78, 5) is 12.8. The maximum Gasteiger partial charge on any atom is 0.207 e. The number of Topliss-reactive ketones (excluding diaryl/α,β-unsaturated/α-hetero) is 1. The molecule has 0 aliphatic rings. The minimum absolute atomic E-state index is 0.175. The van der Waals surface area contributed by atoms with Crippen LogP contribution >= 0.6 is 0 Å². The highest BCUT2D eigenvalue weighted by molar-refractivity contribution is 6.02. The number of hydrogen-bond acceptors (Lipinski definition) is 5. The van der Waals surface area contributed by atoms with Crippen LogP contribution in [0.5, 0.6) is 17.2 Å². The molecule has 2 rings (SSSR count). The van der Waals surface area contributed by atoms with Gasteiger partial charge in [0.25, 0.3) is 0 Å². The molecule has 0 saturated heterocycles. The highest BCUT2D eigenvalue weighted by Gasteiger charge is 2.24. The first kappa shape index (κ1) is 16.7. The molecule has 23 heavy (non-hydrogen) atoms. The summed E-state index contributed by atoms with van der Waals surface area (Å²) in [6.07, 6.45) is -0.145. The molecule has 5 nitrogen and oxygen atoms in total. The number of nitrogens with two attached hydrogens (primary N) is 1. The Morgan fingerprint density at radius 3 is 2.43 bits per heavy atom. The summed E-state index contributed by atoms with van der Waals surface area (Å²) >= 11 is 0.